The van der Waals surface area contributed by atoms with Crippen LogP contribution in [-0.4, -0.2) is 9.97 Å². The molecule has 0 aliphatic rings. The molecule has 0 saturated heterocycles. The van der Waals surface area contributed by atoms with E-state index in [1.807, 2.05) is 0 Å². The van der Waals surface area contributed by atoms with Crippen molar-refractivity contribution in [1.29, 1.82) is 0 Å². The van der Waals surface area contributed by atoms with Crippen molar-refractivity contribution in [3.63, 3.8) is 0 Å². The predicted molar refractivity (Wildman–Crippen MR) is 39.9 cm³/mol. The Morgan fingerprint density at radius 3 is 2.56 bits per heavy atom. The second-order valence-corrected chi connectivity index (χ2v) is 2.76. The predicted octanol–water partition coefficient (Wildman–Crippen LogP) is 1.82. The maximum Gasteiger partial charge on any atom is 0.111 e. The topological polar surface area (TPSA) is 28.7 Å². The van der Waals surface area contributed by atoms with E-state index in [0.717, 1.165) is 10.9 Å². The highest BCUT2D eigenvalue weighted by atomic mass is 32.1. The van der Waals surface area contributed by atoms with Gasteiger partial charge in [-0.05, 0) is 0 Å². The van der Waals surface area contributed by atoms with Gasteiger partial charge in [0.15, 0.2) is 0 Å². The molecular formula is C6H10N2S. The van der Waals surface area contributed by atoms with Crippen molar-refractivity contribution in [2.45, 2.75) is 24.8 Å². The minimum absolute atomic E-state index is 0.464. The highest BCUT2D eigenvalue weighted by Gasteiger charge is 2.00. The molecule has 0 aliphatic carbocycles. The van der Waals surface area contributed by atoms with E-state index in [9.17, 15) is 0 Å². The Kier molecular flexibility index (Phi) is 1.81. The molecule has 0 aromatic carbocycles. The summed E-state index contributed by atoms with van der Waals surface area (Å²) in [6.45, 7) is 4.18. The molecule has 1 aromatic rings. The van der Waals surface area contributed by atoms with Crippen LogP contribution in [0.4, 0.5) is 0 Å². The largest absolute Gasteiger partial charge is 0.347 e. The van der Waals surface area contributed by atoms with E-state index in [1.165, 1.54) is 0 Å². The van der Waals surface area contributed by atoms with Crippen LogP contribution in [0.3, 0.4) is 0 Å². The lowest BCUT2D eigenvalue weighted by Crippen LogP contribution is -1.88. The molecule has 1 aromatic heterocycles. The van der Waals surface area contributed by atoms with E-state index in [0.29, 0.717) is 5.92 Å². The molecule has 1 N–H and O–H groups in total. The number of hydrogen-bond donors (Lipinski definition) is 2. The summed E-state index contributed by atoms with van der Waals surface area (Å²) in [5, 5.41) is 0.763. The van der Waals surface area contributed by atoms with Crippen LogP contribution in [0.25, 0.3) is 0 Å². The minimum atomic E-state index is 0.464. The lowest BCUT2D eigenvalue weighted by Gasteiger charge is -1.95. The third-order valence-electron chi connectivity index (χ3n) is 1.13. The number of nitrogens with one attached hydrogen (secondary N) is 1. The fourth-order valence-electron chi connectivity index (χ4n) is 0.622. The third kappa shape index (κ3) is 1.48. The summed E-state index contributed by atoms with van der Waals surface area (Å²) < 4.78 is 0. The molecule has 50 valence electrons. The summed E-state index contributed by atoms with van der Waals surface area (Å²) in [5.41, 5.74) is 0. The zero-order chi connectivity index (χ0) is 6.85. The second-order valence-electron chi connectivity index (χ2n) is 2.30. The number of hydrogen-bond acceptors (Lipinski definition) is 2. The van der Waals surface area contributed by atoms with Gasteiger partial charge < -0.3 is 4.98 Å². The monoisotopic (exact) mass is 142 g/mol. The first-order valence-electron chi connectivity index (χ1n) is 2.94. The first-order chi connectivity index (χ1) is 4.20. The Hall–Kier alpha value is -0.440. The van der Waals surface area contributed by atoms with Crippen LogP contribution < -0.4 is 0 Å². The SMILES string of the molecule is CC(C)c1nc(S)c[nH]1. The minimum Gasteiger partial charge on any atom is -0.347 e. The molecule has 1 heterocycles. The number of H-pyrrole nitrogens is 1. The fraction of sp³-hybridized carbons (Fsp3) is 0.500. The van der Waals surface area contributed by atoms with Gasteiger partial charge in [0.1, 0.15) is 10.9 Å². The van der Waals surface area contributed by atoms with Crippen molar-refractivity contribution in [1.82, 2.24) is 9.97 Å². The van der Waals surface area contributed by atoms with Crippen LogP contribution >= 0.6 is 12.6 Å². The standard InChI is InChI=1S/C6H10N2S/c1-4(2)6-7-3-5(9)8-6/h3-4,9H,1-2H3,(H,7,8). The average Bonchev–Trinajstić information content (AvgIpc) is 2.14. The summed E-state index contributed by atoms with van der Waals surface area (Å²) >= 11 is 4.06. The Labute approximate surface area is 60.1 Å². The maximum absolute atomic E-state index is 4.12. The average molecular weight is 142 g/mol. The maximum atomic E-state index is 4.12. The molecule has 2 nitrogen and oxygen atoms in total. The highest BCUT2D eigenvalue weighted by Crippen LogP contribution is 2.10. The van der Waals surface area contributed by atoms with Crippen molar-refractivity contribution in [2.75, 3.05) is 0 Å². The molecule has 9 heavy (non-hydrogen) atoms. The number of thiol groups is 1. The van der Waals surface area contributed by atoms with Crippen molar-refractivity contribution in [3.8, 4) is 0 Å². The van der Waals surface area contributed by atoms with Gasteiger partial charge in [-0.2, -0.15) is 0 Å². The fourth-order valence-corrected chi connectivity index (χ4v) is 0.795. The first kappa shape index (κ1) is 6.68. The summed E-state index contributed by atoms with van der Waals surface area (Å²) in [6, 6.07) is 0. The van der Waals surface area contributed by atoms with Gasteiger partial charge >= 0.3 is 0 Å². The van der Waals surface area contributed by atoms with Crippen molar-refractivity contribution >= 4 is 12.6 Å². The lowest BCUT2D eigenvalue weighted by molar-refractivity contribution is 0.788. The highest BCUT2D eigenvalue weighted by molar-refractivity contribution is 7.80. The number of nitrogens with zero attached hydrogens (tertiary/aromatic N) is 1. The molecule has 0 spiro atoms. The number of aromatic nitrogens is 2. The van der Waals surface area contributed by atoms with Crippen LogP contribution in [0.2, 0.25) is 0 Å². The quantitative estimate of drug-likeness (QED) is 0.575. The Bertz CT molecular complexity index is 193. The summed E-state index contributed by atoms with van der Waals surface area (Å²) in [5.74, 6) is 1.46. The molecule has 3 heteroatoms. The molecule has 0 saturated carbocycles. The van der Waals surface area contributed by atoms with Crippen molar-refractivity contribution < 1.29 is 0 Å². The van der Waals surface area contributed by atoms with Gasteiger partial charge in [-0.15, -0.1) is 12.6 Å². The third-order valence-corrected chi connectivity index (χ3v) is 1.36. The van der Waals surface area contributed by atoms with Gasteiger partial charge in [0, 0.05) is 12.1 Å². The van der Waals surface area contributed by atoms with E-state index in [2.05, 4.69) is 36.4 Å². The Morgan fingerprint density at radius 1 is 1.67 bits per heavy atom. The number of aromatic amines is 1. The molecule has 0 amide bonds. The van der Waals surface area contributed by atoms with Crippen LogP contribution in [0.15, 0.2) is 11.2 Å². The van der Waals surface area contributed by atoms with E-state index in [-0.39, 0.29) is 0 Å². The summed E-state index contributed by atoms with van der Waals surface area (Å²) in [7, 11) is 0. The Morgan fingerprint density at radius 2 is 2.33 bits per heavy atom. The van der Waals surface area contributed by atoms with Gasteiger partial charge in [-0.1, -0.05) is 13.8 Å². The number of rotatable bonds is 1. The van der Waals surface area contributed by atoms with Gasteiger partial charge in [-0.3, -0.25) is 0 Å². The molecule has 1 rings (SSSR count). The summed E-state index contributed by atoms with van der Waals surface area (Å²) in [4.78, 5) is 7.14. The number of imidazole rings is 1. The van der Waals surface area contributed by atoms with Crippen molar-refractivity contribution in [2.24, 2.45) is 0 Å². The zero-order valence-electron chi connectivity index (χ0n) is 5.55. The first-order valence-corrected chi connectivity index (χ1v) is 3.39. The van der Waals surface area contributed by atoms with E-state index >= 15 is 0 Å². The van der Waals surface area contributed by atoms with Gasteiger partial charge in [0.2, 0.25) is 0 Å². The van der Waals surface area contributed by atoms with E-state index in [4.69, 9.17) is 0 Å². The van der Waals surface area contributed by atoms with Crippen LogP contribution in [0.5, 0.6) is 0 Å². The van der Waals surface area contributed by atoms with Gasteiger partial charge in [0.25, 0.3) is 0 Å². The van der Waals surface area contributed by atoms with Crippen LogP contribution in [-0.2, 0) is 0 Å². The molecule has 0 bridgehead atoms. The second kappa shape index (κ2) is 2.43. The van der Waals surface area contributed by atoms with Crippen LogP contribution in [0, 0.1) is 0 Å². The molecule has 0 aliphatic heterocycles. The van der Waals surface area contributed by atoms with Gasteiger partial charge in [0.05, 0.1) is 0 Å². The smallest absolute Gasteiger partial charge is 0.111 e. The molecule has 0 radical (unpaired) electrons. The van der Waals surface area contributed by atoms with E-state index in [1.54, 1.807) is 6.20 Å². The van der Waals surface area contributed by atoms with Gasteiger partial charge in [-0.25, -0.2) is 4.98 Å². The molecule has 0 atom stereocenters. The molecule has 0 fully saturated rings. The van der Waals surface area contributed by atoms with Crippen LogP contribution in [0.1, 0.15) is 25.6 Å². The zero-order valence-corrected chi connectivity index (χ0v) is 6.44. The normalized spacial score (nSPS) is 10.7. The Balaban J connectivity index is 2.85. The summed E-state index contributed by atoms with van der Waals surface area (Å²) in [6.07, 6.45) is 1.79. The van der Waals surface area contributed by atoms with E-state index < -0.39 is 0 Å². The molecule has 0 unspecified atom stereocenters. The van der Waals surface area contributed by atoms with Crippen molar-refractivity contribution in [3.05, 3.63) is 12.0 Å². The lowest BCUT2D eigenvalue weighted by atomic mass is 10.2. The molecular weight excluding hydrogens is 132 g/mol.